The summed E-state index contributed by atoms with van der Waals surface area (Å²) in [5, 5.41) is 0. The van der Waals surface area contributed by atoms with Crippen LogP contribution in [-0.4, -0.2) is 17.3 Å². The Hall–Kier alpha value is -4.20. The molecule has 0 saturated carbocycles. The first kappa shape index (κ1) is 23.5. The topological polar surface area (TPSA) is 72.5 Å². The van der Waals surface area contributed by atoms with Crippen LogP contribution in [0.2, 0.25) is 0 Å². The Morgan fingerprint density at radius 3 is 1.69 bits per heavy atom. The van der Waals surface area contributed by atoms with Crippen LogP contribution < -0.4 is 5.76 Å². The number of sulfonamides is 1. The molecule has 1 heterocycles. The molecule has 0 amide bonds. The molecule has 6 nitrogen and oxygen atoms in total. The molecule has 5 aromatic rings. The zero-order chi connectivity index (χ0) is 25.0. The standard InChI is InChI=1S/C29H24N2O4S/c32-29-31(26-14-8-3-9-15-26)28(22-35-29)25-16-18-27(19-17-25)36(33,34)30(20-23-10-4-1-5-11-23)21-24-12-6-2-7-13-24/h1-19,22H,20-21H2. The molecule has 0 N–H and O–H groups in total. The predicted molar refractivity (Wildman–Crippen MR) is 139 cm³/mol. The Morgan fingerprint density at radius 1 is 0.667 bits per heavy atom. The smallest absolute Gasteiger partial charge is 0.415 e. The van der Waals surface area contributed by atoms with Crippen LogP contribution in [-0.2, 0) is 23.1 Å². The molecule has 0 bridgehead atoms. The fourth-order valence-corrected chi connectivity index (χ4v) is 5.49. The summed E-state index contributed by atoms with van der Waals surface area (Å²) in [5.74, 6) is -0.509. The molecule has 180 valence electrons. The van der Waals surface area contributed by atoms with Crippen LogP contribution in [0.3, 0.4) is 0 Å². The number of hydrogen-bond donors (Lipinski definition) is 0. The summed E-state index contributed by atoms with van der Waals surface area (Å²) >= 11 is 0. The number of para-hydroxylation sites is 1. The summed E-state index contributed by atoms with van der Waals surface area (Å²) in [7, 11) is -3.81. The van der Waals surface area contributed by atoms with Gasteiger partial charge < -0.3 is 4.42 Å². The molecule has 0 aliphatic carbocycles. The zero-order valence-electron chi connectivity index (χ0n) is 19.4. The first-order valence-electron chi connectivity index (χ1n) is 11.5. The van der Waals surface area contributed by atoms with E-state index in [4.69, 9.17) is 4.42 Å². The lowest BCUT2D eigenvalue weighted by Gasteiger charge is -2.23. The number of nitrogens with zero attached hydrogens (tertiary/aromatic N) is 2. The van der Waals surface area contributed by atoms with E-state index in [1.807, 2.05) is 91.0 Å². The highest BCUT2D eigenvalue weighted by Gasteiger charge is 2.25. The SMILES string of the molecule is O=c1occ(-c2ccc(S(=O)(=O)N(Cc3ccccc3)Cc3ccccc3)cc2)n1-c1ccccc1. The van der Waals surface area contributed by atoms with Gasteiger partial charge in [0.1, 0.15) is 6.26 Å². The molecule has 0 radical (unpaired) electrons. The third-order valence-corrected chi connectivity index (χ3v) is 7.71. The van der Waals surface area contributed by atoms with Gasteiger partial charge in [-0.3, -0.25) is 0 Å². The third-order valence-electron chi connectivity index (χ3n) is 5.90. The lowest BCUT2D eigenvalue weighted by Crippen LogP contribution is -2.30. The van der Waals surface area contributed by atoms with Crippen LogP contribution in [0.4, 0.5) is 0 Å². The van der Waals surface area contributed by atoms with E-state index >= 15 is 0 Å². The molecular formula is C29H24N2O4S. The van der Waals surface area contributed by atoms with E-state index in [1.54, 1.807) is 24.3 Å². The van der Waals surface area contributed by atoms with Gasteiger partial charge in [-0.15, -0.1) is 0 Å². The van der Waals surface area contributed by atoms with Crippen molar-refractivity contribution in [2.24, 2.45) is 0 Å². The number of hydrogen-bond acceptors (Lipinski definition) is 4. The van der Waals surface area contributed by atoms with Crippen LogP contribution in [0, 0.1) is 0 Å². The van der Waals surface area contributed by atoms with Gasteiger partial charge >= 0.3 is 5.76 Å². The molecule has 5 rings (SSSR count). The van der Waals surface area contributed by atoms with Gasteiger partial charge in [-0.25, -0.2) is 17.8 Å². The van der Waals surface area contributed by atoms with Crippen molar-refractivity contribution in [2.45, 2.75) is 18.0 Å². The van der Waals surface area contributed by atoms with E-state index in [2.05, 4.69) is 0 Å². The van der Waals surface area contributed by atoms with Crippen LogP contribution in [0.25, 0.3) is 16.9 Å². The largest absolute Gasteiger partial charge is 0.424 e. The molecule has 0 saturated heterocycles. The number of benzene rings is 4. The lowest BCUT2D eigenvalue weighted by atomic mass is 10.1. The Labute approximate surface area is 209 Å². The quantitative estimate of drug-likeness (QED) is 0.285. The summed E-state index contributed by atoms with van der Waals surface area (Å²) in [6.07, 6.45) is 1.38. The summed E-state index contributed by atoms with van der Waals surface area (Å²) in [6.45, 7) is 0.490. The number of oxazole rings is 1. The van der Waals surface area contributed by atoms with Crippen molar-refractivity contribution in [3.8, 4) is 16.9 Å². The molecule has 0 atom stereocenters. The predicted octanol–water partition coefficient (Wildman–Crippen LogP) is 5.49. The van der Waals surface area contributed by atoms with Gasteiger partial charge in [-0.1, -0.05) is 91.0 Å². The van der Waals surface area contributed by atoms with E-state index in [0.29, 0.717) is 16.9 Å². The van der Waals surface area contributed by atoms with Crippen LogP contribution in [0.15, 0.2) is 136 Å². The second-order valence-electron chi connectivity index (χ2n) is 8.33. The minimum Gasteiger partial charge on any atom is -0.415 e. The van der Waals surface area contributed by atoms with Gasteiger partial charge in [-0.05, 0) is 35.4 Å². The summed E-state index contributed by atoms with van der Waals surface area (Å²) in [4.78, 5) is 12.5. The lowest BCUT2D eigenvalue weighted by molar-refractivity contribution is 0.401. The van der Waals surface area contributed by atoms with Crippen LogP contribution in [0.1, 0.15) is 11.1 Å². The minimum absolute atomic E-state index is 0.176. The molecule has 4 aromatic carbocycles. The highest BCUT2D eigenvalue weighted by atomic mass is 32.2. The monoisotopic (exact) mass is 496 g/mol. The Morgan fingerprint density at radius 2 is 1.17 bits per heavy atom. The average Bonchev–Trinajstić information content (AvgIpc) is 3.31. The molecule has 0 fully saturated rings. The normalized spacial score (nSPS) is 11.6. The first-order chi connectivity index (χ1) is 17.5. The second kappa shape index (κ2) is 10.2. The van der Waals surface area contributed by atoms with Crippen LogP contribution >= 0.6 is 0 Å². The fourth-order valence-electron chi connectivity index (χ4n) is 4.08. The van der Waals surface area contributed by atoms with E-state index in [-0.39, 0.29) is 18.0 Å². The van der Waals surface area contributed by atoms with Gasteiger partial charge in [0.25, 0.3) is 0 Å². The zero-order valence-corrected chi connectivity index (χ0v) is 20.2. The van der Waals surface area contributed by atoms with E-state index in [1.165, 1.54) is 15.1 Å². The highest BCUT2D eigenvalue weighted by Crippen LogP contribution is 2.26. The van der Waals surface area contributed by atoms with Gasteiger partial charge in [0.15, 0.2) is 0 Å². The van der Waals surface area contributed by atoms with Gasteiger partial charge in [0.05, 0.1) is 16.3 Å². The van der Waals surface area contributed by atoms with Crippen molar-refractivity contribution < 1.29 is 12.8 Å². The van der Waals surface area contributed by atoms with Crippen molar-refractivity contribution in [3.05, 3.63) is 143 Å². The van der Waals surface area contributed by atoms with E-state index in [9.17, 15) is 13.2 Å². The Bertz CT molecular complexity index is 1550. The summed E-state index contributed by atoms with van der Waals surface area (Å²) in [6, 6.07) is 34.7. The van der Waals surface area contributed by atoms with E-state index < -0.39 is 15.8 Å². The molecule has 36 heavy (non-hydrogen) atoms. The Kier molecular flexibility index (Phi) is 6.66. The van der Waals surface area contributed by atoms with Gasteiger partial charge in [0, 0.05) is 18.7 Å². The van der Waals surface area contributed by atoms with Crippen molar-refractivity contribution in [3.63, 3.8) is 0 Å². The number of aromatic nitrogens is 1. The molecule has 1 aromatic heterocycles. The number of rotatable bonds is 8. The van der Waals surface area contributed by atoms with Crippen LogP contribution in [0.5, 0.6) is 0 Å². The third kappa shape index (κ3) is 4.93. The Balaban J connectivity index is 1.48. The molecular weight excluding hydrogens is 472 g/mol. The maximum absolute atomic E-state index is 13.7. The van der Waals surface area contributed by atoms with Crippen molar-refractivity contribution in [2.75, 3.05) is 0 Å². The first-order valence-corrected chi connectivity index (χ1v) is 12.9. The average molecular weight is 497 g/mol. The second-order valence-corrected chi connectivity index (χ2v) is 10.3. The van der Waals surface area contributed by atoms with Gasteiger partial charge in [-0.2, -0.15) is 4.31 Å². The van der Waals surface area contributed by atoms with Crippen molar-refractivity contribution in [1.82, 2.24) is 8.87 Å². The highest BCUT2D eigenvalue weighted by molar-refractivity contribution is 7.89. The molecule has 0 aliphatic heterocycles. The van der Waals surface area contributed by atoms with Crippen molar-refractivity contribution >= 4 is 10.0 Å². The van der Waals surface area contributed by atoms with Crippen molar-refractivity contribution in [1.29, 1.82) is 0 Å². The molecule has 0 aliphatic rings. The summed E-state index contributed by atoms with van der Waals surface area (Å²) < 4.78 is 35.6. The molecule has 0 unspecified atom stereocenters. The summed E-state index contributed by atoms with van der Waals surface area (Å²) in [5.41, 5.74) is 3.68. The minimum atomic E-state index is -3.81. The maximum atomic E-state index is 13.7. The van der Waals surface area contributed by atoms with Gasteiger partial charge in [0.2, 0.25) is 10.0 Å². The maximum Gasteiger partial charge on any atom is 0.424 e. The fraction of sp³-hybridized carbons (Fsp3) is 0.0690. The molecule has 7 heteroatoms. The van der Waals surface area contributed by atoms with E-state index in [0.717, 1.165) is 11.1 Å². The molecule has 0 spiro atoms.